The normalized spacial score (nSPS) is 21.6. The number of carbonyl (C=O) groups excluding carboxylic acids is 1. The lowest BCUT2D eigenvalue weighted by molar-refractivity contribution is -0.124. The Morgan fingerprint density at radius 2 is 2.14 bits per heavy atom. The van der Waals surface area contributed by atoms with Crippen molar-refractivity contribution >= 4 is 29.1 Å². The molecule has 1 fully saturated rings. The maximum absolute atomic E-state index is 12.3. The smallest absolute Gasteiger partial charge is 0.234 e. The lowest BCUT2D eigenvalue weighted by Crippen LogP contribution is -2.53. The van der Waals surface area contributed by atoms with Gasteiger partial charge < -0.3 is 10.2 Å². The van der Waals surface area contributed by atoms with Crippen molar-refractivity contribution in [2.24, 2.45) is 0 Å². The third-order valence-electron chi connectivity index (χ3n) is 4.12. The van der Waals surface area contributed by atoms with Gasteiger partial charge in [0.2, 0.25) is 5.91 Å². The molecule has 0 radical (unpaired) electrons. The molecule has 1 saturated heterocycles. The van der Waals surface area contributed by atoms with Gasteiger partial charge >= 0.3 is 0 Å². The summed E-state index contributed by atoms with van der Waals surface area (Å²) in [5.41, 5.74) is 0.880. The molecule has 0 aromatic heterocycles. The molecule has 1 aromatic carbocycles. The number of halogens is 2. The first-order chi connectivity index (χ1) is 10.4. The molecular weight excluding hydrogens is 321 g/mol. The SMILES string of the molecule is C[C@H](NC(=O)CN1CCN(C)C[C@@H]1C)c1ccc(Cl)cc1Cl. The number of carbonyl (C=O) groups is 1. The first kappa shape index (κ1) is 17.5. The van der Waals surface area contributed by atoms with E-state index in [0.717, 1.165) is 25.2 Å². The van der Waals surface area contributed by atoms with Crippen molar-refractivity contribution in [2.75, 3.05) is 33.2 Å². The highest BCUT2D eigenvalue weighted by molar-refractivity contribution is 6.35. The number of piperazine rings is 1. The summed E-state index contributed by atoms with van der Waals surface area (Å²) in [5, 5.41) is 4.19. The first-order valence-electron chi connectivity index (χ1n) is 7.53. The van der Waals surface area contributed by atoms with Crippen LogP contribution in [0.15, 0.2) is 18.2 Å². The molecule has 0 unspecified atom stereocenters. The Bertz CT molecular complexity index is 538. The van der Waals surface area contributed by atoms with E-state index in [0.29, 0.717) is 22.6 Å². The average molecular weight is 344 g/mol. The van der Waals surface area contributed by atoms with E-state index in [1.165, 1.54) is 0 Å². The molecule has 1 amide bonds. The Labute approximate surface area is 142 Å². The van der Waals surface area contributed by atoms with E-state index < -0.39 is 0 Å². The highest BCUT2D eigenvalue weighted by atomic mass is 35.5. The largest absolute Gasteiger partial charge is 0.348 e. The van der Waals surface area contributed by atoms with Crippen LogP contribution in [0.5, 0.6) is 0 Å². The van der Waals surface area contributed by atoms with E-state index in [1.54, 1.807) is 12.1 Å². The minimum absolute atomic E-state index is 0.0231. The Kier molecular flexibility index (Phi) is 6.09. The molecular formula is C16H23Cl2N3O. The Hall–Kier alpha value is -0.810. The fourth-order valence-corrected chi connectivity index (χ4v) is 3.39. The molecule has 1 aliphatic rings. The van der Waals surface area contributed by atoms with Gasteiger partial charge in [0, 0.05) is 35.7 Å². The standard InChI is InChI=1S/C16H23Cl2N3O/c1-11-9-20(3)6-7-21(11)10-16(22)19-12(2)14-5-4-13(17)8-15(14)18/h4-5,8,11-12H,6-7,9-10H2,1-3H3,(H,19,22)/t11-,12-/m0/s1. The Balaban J connectivity index is 1.91. The molecule has 1 aromatic rings. The molecule has 122 valence electrons. The zero-order valence-electron chi connectivity index (χ0n) is 13.3. The van der Waals surface area contributed by atoms with Crippen LogP contribution in [0.2, 0.25) is 10.0 Å². The molecule has 1 heterocycles. The van der Waals surface area contributed by atoms with Gasteiger partial charge in [-0.05, 0) is 38.6 Å². The Morgan fingerprint density at radius 1 is 1.41 bits per heavy atom. The van der Waals surface area contributed by atoms with Gasteiger partial charge in [0.15, 0.2) is 0 Å². The first-order valence-corrected chi connectivity index (χ1v) is 8.29. The van der Waals surface area contributed by atoms with E-state index in [2.05, 4.69) is 29.1 Å². The summed E-state index contributed by atoms with van der Waals surface area (Å²) in [6, 6.07) is 5.59. The van der Waals surface area contributed by atoms with Crippen molar-refractivity contribution in [1.82, 2.24) is 15.1 Å². The van der Waals surface area contributed by atoms with Crippen LogP contribution in [-0.4, -0.2) is 55.0 Å². The number of amides is 1. The number of benzene rings is 1. The van der Waals surface area contributed by atoms with Gasteiger partial charge in [-0.1, -0.05) is 29.3 Å². The average Bonchev–Trinajstić information content (AvgIpc) is 2.41. The van der Waals surface area contributed by atoms with Crippen molar-refractivity contribution in [3.63, 3.8) is 0 Å². The Morgan fingerprint density at radius 3 is 2.77 bits per heavy atom. The van der Waals surface area contributed by atoms with Crippen LogP contribution >= 0.6 is 23.2 Å². The van der Waals surface area contributed by atoms with Crippen molar-refractivity contribution in [1.29, 1.82) is 0 Å². The van der Waals surface area contributed by atoms with E-state index in [-0.39, 0.29) is 11.9 Å². The third-order valence-corrected chi connectivity index (χ3v) is 4.68. The van der Waals surface area contributed by atoms with Gasteiger partial charge in [-0.15, -0.1) is 0 Å². The second-order valence-corrected chi connectivity index (χ2v) is 6.88. The fraction of sp³-hybridized carbons (Fsp3) is 0.562. The van der Waals surface area contributed by atoms with Crippen LogP contribution in [0.4, 0.5) is 0 Å². The summed E-state index contributed by atoms with van der Waals surface area (Å²) >= 11 is 12.1. The lowest BCUT2D eigenvalue weighted by Gasteiger charge is -2.37. The summed E-state index contributed by atoms with van der Waals surface area (Å²) in [6.45, 7) is 7.41. The molecule has 6 heteroatoms. The minimum atomic E-state index is -0.139. The topological polar surface area (TPSA) is 35.6 Å². The minimum Gasteiger partial charge on any atom is -0.348 e. The van der Waals surface area contributed by atoms with Gasteiger partial charge in [-0.25, -0.2) is 0 Å². The highest BCUT2D eigenvalue weighted by Gasteiger charge is 2.24. The molecule has 0 aliphatic carbocycles. The van der Waals surface area contributed by atoms with Crippen molar-refractivity contribution in [3.05, 3.63) is 33.8 Å². The van der Waals surface area contributed by atoms with Gasteiger partial charge in [-0.2, -0.15) is 0 Å². The van der Waals surface area contributed by atoms with Crippen molar-refractivity contribution in [3.8, 4) is 0 Å². The van der Waals surface area contributed by atoms with Crippen LogP contribution in [0, 0.1) is 0 Å². The lowest BCUT2D eigenvalue weighted by atomic mass is 10.1. The van der Waals surface area contributed by atoms with Gasteiger partial charge in [-0.3, -0.25) is 9.69 Å². The summed E-state index contributed by atoms with van der Waals surface area (Å²) < 4.78 is 0. The van der Waals surface area contributed by atoms with Crippen LogP contribution in [0.1, 0.15) is 25.5 Å². The molecule has 0 bridgehead atoms. The summed E-state index contributed by atoms with van der Waals surface area (Å²) in [5.74, 6) is 0.0231. The van der Waals surface area contributed by atoms with E-state index in [9.17, 15) is 4.79 Å². The molecule has 0 spiro atoms. The predicted octanol–water partition coefficient (Wildman–Crippen LogP) is 2.81. The number of hydrogen-bond acceptors (Lipinski definition) is 3. The number of rotatable bonds is 4. The summed E-state index contributed by atoms with van der Waals surface area (Å²) in [6.07, 6.45) is 0. The second kappa shape index (κ2) is 7.64. The monoisotopic (exact) mass is 343 g/mol. The van der Waals surface area contributed by atoms with Crippen molar-refractivity contribution < 1.29 is 4.79 Å². The number of nitrogens with one attached hydrogen (secondary N) is 1. The van der Waals surface area contributed by atoms with E-state index >= 15 is 0 Å². The zero-order chi connectivity index (χ0) is 16.3. The van der Waals surface area contributed by atoms with Gasteiger partial charge in [0.1, 0.15) is 0 Å². The van der Waals surface area contributed by atoms with Crippen LogP contribution < -0.4 is 5.32 Å². The van der Waals surface area contributed by atoms with E-state index in [4.69, 9.17) is 23.2 Å². The molecule has 22 heavy (non-hydrogen) atoms. The fourth-order valence-electron chi connectivity index (χ4n) is 2.81. The number of likely N-dealkylation sites (N-methyl/N-ethyl adjacent to an activating group) is 1. The summed E-state index contributed by atoms with van der Waals surface area (Å²) in [4.78, 5) is 16.8. The molecule has 1 aliphatic heterocycles. The molecule has 0 saturated carbocycles. The quantitative estimate of drug-likeness (QED) is 0.912. The second-order valence-electron chi connectivity index (χ2n) is 6.04. The number of nitrogens with zero attached hydrogens (tertiary/aromatic N) is 2. The maximum Gasteiger partial charge on any atom is 0.234 e. The molecule has 4 nitrogen and oxygen atoms in total. The highest BCUT2D eigenvalue weighted by Crippen LogP contribution is 2.26. The predicted molar refractivity (Wildman–Crippen MR) is 91.6 cm³/mol. The van der Waals surface area contributed by atoms with Crippen molar-refractivity contribution in [2.45, 2.75) is 25.9 Å². The number of hydrogen-bond donors (Lipinski definition) is 1. The molecule has 2 rings (SSSR count). The maximum atomic E-state index is 12.3. The molecule has 2 atom stereocenters. The third kappa shape index (κ3) is 4.59. The molecule has 1 N–H and O–H groups in total. The van der Waals surface area contributed by atoms with E-state index in [1.807, 2.05) is 13.0 Å². The van der Waals surface area contributed by atoms with Crippen LogP contribution in [-0.2, 0) is 4.79 Å². The van der Waals surface area contributed by atoms with Crippen LogP contribution in [0.25, 0.3) is 0 Å². The van der Waals surface area contributed by atoms with Crippen LogP contribution in [0.3, 0.4) is 0 Å². The zero-order valence-corrected chi connectivity index (χ0v) is 14.8. The van der Waals surface area contributed by atoms with Gasteiger partial charge in [0.25, 0.3) is 0 Å². The summed E-state index contributed by atoms with van der Waals surface area (Å²) in [7, 11) is 2.11. The van der Waals surface area contributed by atoms with Gasteiger partial charge in [0.05, 0.1) is 12.6 Å².